The van der Waals surface area contributed by atoms with Crippen LogP contribution in [0.15, 0.2) is 60.8 Å². The minimum absolute atomic E-state index is 0.129. The lowest BCUT2D eigenvalue weighted by atomic mass is 9.90. The zero-order valence-corrected chi connectivity index (χ0v) is 17.9. The van der Waals surface area contributed by atoms with Crippen LogP contribution in [0.4, 0.5) is 5.82 Å². The molecule has 1 aliphatic heterocycles. The van der Waals surface area contributed by atoms with Gasteiger partial charge in [0, 0.05) is 41.9 Å². The van der Waals surface area contributed by atoms with Crippen molar-refractivity contribution in [3.63, 3.8) is 0 Å². The van der Waals surface area contributed by atoms with E-state index in [2.05, 4.69) is 16.4 Å². The predicted octanol–water partition coefficient (Wildman–Crippen LogP) is 5.61. The minimum atomic E-state index is -0.191. The predicted molar refractivity (Wildman–Crippen MR) is 119 cm³/mol. The fraction of sp³-hybridized carbons (Fsp3) is 0.292. The van der Waals surface area contributed by atoms with Crippen LogP contribution in [0.25, 0.3) is 0 Å². The maximum Gasteiger partial charge on any atom is 0.166 e. The Morgan fingerprint density at radius 2 is 1.93 bits per heavy atom. The molecule has 30 heavy (non-hydrogen) atoms. The highest BCUT2D eigenvalue weighted by molar-refractivity contribution is 6.30. The summed E-state index contributed by atoms with van der Waals surface area (Å²) in [6.45, 7) is 3.69. The van der Waals surface area contributed by atoms with Crippen LogP contribution in [0.1, 0.15) is 35.6 Å². The van der Waals surface area contributed by atoms with Crippen molar-refractivity contribution >= 4 is 17.4 Å². The van der Waals surface area contributed by atoms with E-state index in [0.717, 1.165) is 34.8 Å². The van der Waals surface area contributed by atoms with Gasteiger partial charge in [0.25, 0.3) is 0 Å². The fourth-order valence-corrected chi connectivity index (χ4v) is 4.00. The van der Waals surface area contributed by atoms with Crippen LogP contribution in [0.5, 0.6) is 11.5 Å². The molecule has 0 bridgehead atoms. The molecule has 2 heterocycles. The molecule has 0 amide bonds. The number of anilines is 1. The Hall–Kier alpha value is -2.76. The maximum absolute atomic E-state index is 6.13. The van der Waals surface area contributed by atoms with E-state index in [1.165, 1.54) is 0 Å². The summed E-state index contributed by atoms with van der Waals surface area (Å²) in [5.74, 6) is 2.46. The second-order valence-electron chi connectivity index (χ2n) is 7.11. The average Bonchev–Trinajstić information content (AvgIpc) is 3.19. The van der Waals surface area contributed by atoms with Crippen LogP contribution in [-0.4, -0.2) is 25.2 Å². The van der Waals surface area contributed by atoms with Crippen molar-refractivity contribution in [3.05, 3.63) is 82.5 Å². The number of nitrogens with one attached hydrogen (secondary N) is 1. The van der Waals surface area contributed by atoms with Gasteiger partial charge in [-0.2, -0.15) is 0 Å². The van der Waals surface area contributed by atoms with Crippen molar-refractivity contribution in [2.75, 3.05) is 25.6 Å². The highest BCUT2D eigenvalue weighted by atomic mass is 35.5. The molecule has 156 valence electrons. The second kappa shape index (κ2) is 9.37. The van der Waals surface area contributed by atoms with Crippen LogP contribution in [-0.2, 0) is 11.3 Å². The quantitative estimate of drug-likeness (QED) is 0.509. The van der Waals surface area contributed by atoms with Gasteiger partial charge >= 0.3 is 0 Å². The molecule has 6 heteroatoms. The molecule has 0 radical (unpaired) electrons. The Balaban J connectivity index is 1.63. The first-order valence-corrected chi connectivity index (χ1v) is 10.4. The molecule has 0 fully saturated rings. The van der Waals surface area contributed by atoms with Crippen LogP contribution >= 0.6 is 11.6 Å². The summed E-state index contributed by atoms with van der Waals surface area (Å²) < 4.78 is 18.2. The third-order valence-corrected chi connectivity index (χ3v) is 5.51. The molecule has 1 aliphatic rings. The first kappa shape index (κ1) is 20.5. The van der Waals surface area contributed by atoms with Crippen LogP contribution in [0.3, 0.4) is 0 Å². The summed E-state index contributed by atoms with van der Waals surface area (Å²) in [5.41, 5.74) is 3.16. The summed E-state index contributed by atoms with van der Waals surface area (Å²) in [4.78, 5) is 4.43. The zero-order valence-electron chi connectivity index (χ0n) is 17.1. The fourth-order valence-electron chi connectivity index (χ4n) is 3.87. The first-order chi connectivity index (χ1) is 14.7. The molecule has 1 aromatic heterocycles. The van der Waals surface area contributed by atoms with Gasteiger partial charge in [-0.1, -0.05) is 41.9 Å². The number of aromatic nitrogens is 1. The van der Waals surface area contributed by atoms with E-state index in [1.807, 2.05) is 55.5 Å². The standard InChI is InChI=1S/C24H25ClN2O3/c1-3-29-23-19(22(28-2)20-14-27-24-18(20)7-5-13-26-24)6-4-8-21(23)30-15-16-9-11-17(25)12-10-16/h4-13,20,22H,3,14-15H2,1-2H3,(H,26,27). The third kappa shape index (κ3) is 4.23. The Labute approximate surface area is 182 Å². The first-order valence-electron chi connectivity index (χ1n) is 10.1. The van der Waals surface area contributed by atoms with E-state index in [-0.39, 0.29) is 12.0 Å². The number of nitrogens with zero attached hydrogens (tertiary/aromatic N) is 1. The van der Waals surface area contributed by atoms with Gasteiger partial charge in [-0.25, -0.2) is 4.98 Å². The average molecular weight is 425 g/mol. The van der Waals surface area contributed by atoms with E-state index in [0.29, 0.717) is 24.0 Å². The molecule has 0 spiro atoms. The number of hydrogen-bond acceptors (Lipinski definition) is 5. The number of pyridine rings is 1. The van der Waals surface area contributed by atoms with Gasteiger partial charge in [0.1, 0.15) is 12.4 Å². The molecule has 2 unspecified atom stereocenters. The van der Waals surface area contributed by atoms with Gasteiger partial charge in [-0.05, 0) is 36.8 Å². The van der Waals surface area contributed by atoms with E-state index in [1.54, 1.807) is 13.3 Å². The van der Waals surface area contributed by atoms with Gasteiger partial charge in [0.15, 0.2) is 11.5 Å². The smallest absolute Gasteiger partial charge is 0.166 e. The molecule has 1 N–H and O–H groups in total. The lowest BCUT2D eigenvalue weighted by Gasteiger charge is -2.26. The van der Waals surface area contributed by atoms with Crippen LogP contribution < -0.4 is 14.8 Å². The summed E-state index contributed by atoms with van der Waals surface area (Å²) in [7, 11) is 1.73. The largest absolute Gasteiger partial charge is 0.490 e. The number of rotatable bonds is 8. The Morgan fingerprint density at radius 3 is 2.70 bits per heavy atom. The Kier molecular flexibility index (Phi) is 6.41. The maximum atomic E-state index is 6.13. The van der Waals surface area contributed by atoms with Gasteiger partial charge < -0.3 is 19.5 Å². The molecule has 2 aromatic carbocycles. The van der Waals surface area contributed by atoms with Crippen LogP contribution in [0, 0.1) is 0 Å². The zero-order chi connectivity index (χ0) is 20.9. The monoisotopic (exact) mass is 424 g/mol. The van der Waals surface area contributed by atoms with E-state index >= 15 is 0 Å². The lowest BCUT2D eigenvalue weighted by molar-refractivity contribution is 0.0803. The molecule has 0 aliphatic carbocycles. The van der Waals surface area contributed by atoms with Gasteiger partial charge in [-0.15, -0.1) is 0 Å². The minimum Gasteiger partial charge on any atom is -0.490 e. The Bertz CT molecular complexity index is 994. The topological polar surface area (TPSA) is 52.6 Å². The third-order valence-electron chi connectivity index (χ3n) is 5.26. The number of para-hydroxylation sites is 1. The summed E-state index contributed by atoms with van der Waals surface area (Å²) in [6, 6.07) is 17.6. The van der Waals surface area contributed by atoms with Crippen LogP contribution in [0.2, 0.25) is 5.02 Å². The number of ether oxygens (including phenoxy) is 3. The van der Waals surface area contributed by atoms with Gasteiger partial charge in [-0.3, -0.25) is 0 Å². The molecule has 5 nitrogen and oxygen atoms in total. The van der Waals surface area contributed by atoms with Crippen molar-refractivity contribution in [1.82, 2.24) is 4.98 Å². The highest BCUT2D eigenvalue weighted by Gasteiger charge is 2.34. The number of methoxy groups -OCH3 is 1. The molecule has 2 atom stereocenters. The normalized spacial score (nSPS) is 15.9. The summed E-state index contributed by atoms with van der Waals surface area (Å²) in [5, 5.41) is 4.09. The number of hydrogen-bond donors (Lipinski definition) is 1. The molecule has 0 saturated carbocycles. The summed E-state index contributed by atoms with van der Waals surface area (Å²) in [6.07, 6.45) is 1.61. The molecule has 3 aromatic rings. The highest BCUT2D eigenvalue weighted by Crippen LogP contribution is 2.45. The molecular weight excluding hydrogens is 400 g/mol. The number of fused-ring (bicyclic) bond motifs is 1. The molecule has 0 saturated heterocycles. The molecular formula is C24H25ClN2O3. The van der Waals surface area contributed by atoms with E-state index in [9.17, 15) is 0 Å². The van der Waals surface area contributed by atoms with Gasteiger partial charge in [0.05, 0.1) is 12.7 Å². The second-order valence-corrected chi connectivity index (χ2v) is 7.54. The summed E-state index contributed by atoms with van der Waals surface area (Å²) >= 11 is 5.98. The van der Waals surface area contributed by atoms with Crippen molar-refractivity contribution in [1.29, 1.82) is 0 Å². The van der Waals surface area contributed by atoms with E-state index < -0.39 is 0 Å². The van der Waals surface area contributed by atoms with Crippen molar-refractivity contribution in [2.45, 2.75) is 25.6 Å². The van der Waals surface area contributed by atoms with Crippen molar-refractivity contribution in [2.24, 2.45) is 0 Å². The van der Waals surface area contributed by atoms with Crippen molar-refractivity contribution < 1.29 is 14.2 Å². The van der Waals surface area contributed by atoms with Crippen molar-refractivity contribution in [3.8, 4) is 11.5 Å². The van der Waals surface area contributed by atoms with E-state index in [4.69, 9.17) is 25.8 Å². The Morgan fingerprint density at radius 1 is 1.10 bits per heavy atom. The lowest BCUT2D eigenvalue weighted by Crippen LogP contribution is -2.17. The van der Waals surface area contributed by atoms with Gasteiger partial charge in [0.2, 0.25) is 0 Å². The molecule has 4 rings (SSSR count). The SMILES string of the molecule is CCOc1c(OCc2ccc(Cl)cc2)cccc1C(OC)C1CNc2ncccc21. The number of benzene rings is 2. The number of halogens is 1.